The van der Waals surface area contributed by atoms with Gasteiger partial charge in [0.05, 0.1) is 0 Å². The molecule has 0 radical (unpaired) electrons. The molecule has 0 aromatic heterocycles. The molecule has 1 aliphatic heterocycles. The van der Waals surface area contributed by atoms with Crippen molar-refractivity contribution in [1.29, 1.82) is 0 Å². The van der Waals surface area contributed by atoms with Crippen molar-refractivity contribution < 1.29 is 5.11 Å². The second-order valence-electron chi connectivity index (χ2n) is 6.61. The highest BCUT2D eigenvalue weighted by molar-refractivity contribution is 5.46. The molecule has 128 valence electrons. The molecular weight excluding hydrogens is 298 g/mol. The lowest BCUT2D eigenvalue weighted by molar-refractivity contribution is 0.273. The van der Waals surface area contributed by atoms with Crippen molar-refractivity contribution in [1.82, 2.24) is 4.90 Å². The molecule has 0 saturated carbocycles. The maximum absolute atomic E-state index is 9.36. The van der Waals surface area contributed by atoms with Gasteiger partial charge in [0.1, 0.15) is 5.75 Å². The number of nitrogens with two attached hydrogens (primary N) is 1. The summed E-state index contributed by atoms with van der Waals surface area (Å²) in [6.45, 7) is 5.23. The predicted molar refractivity (Wildman–Crippen MR) is 99.5 cm³/mol. The average molecular weight is 325 g/mol. The van der Waals surface area contributed by atoms with E-state index >= 15 is 0 Å². The zero-order valence-corrected chi connectivity index (χ0v) is 14.1. The molecule has 0 aliphatic carbocycles. The molecule has 0 bridgehead atoms. The first-order valence-corrected chi connectivity index (χ1v) is 8.76. The number of phenols is 1. The van der Waals surface area contributed by atoms with Gasteiger partial charge in [0.15, 0.2) is 0 Å². The maximum atomic E-state index is 9.36. The third kappa shape index (κ3) is 4.73. The number of rotatable bonds is 5. The minimum Gasteiger partial charge on any atom is -0.508 e. The van der Waals surface area contributed by atoms with Crippen LogP contribution >= 0.6 is 0 Å². The second kappa shape index (κ2) is 8.18. The highest BCUT2D eigenvalue weighted by Gasteiger charge is 2.17. The van der Waals surface area contributed by atoms with Gasteiger partial charge in [-0.15, -0.1) is 0 Å². The summed E-state index contributed by atoms with van der Waals surface area (Å²) in [5.41, 5.74) is 8.85. The van der Waals surface area contributed by atoms with Crippen LogP contribution in [0.2, 0.25) is 0 Å². The Morgan fingerprint density at radius 2 is 1.67 bits per heavy atom. The Labute approximate surface area is 144 Å². The topological polar surface area (TPSA) is 52.7 Å². The Hall–Kier alpha value is -2.04. The third-order valence-corrected chi connectivity index (χ3v) is 4.64. The van der Waals surface area contributed by atoms with E-state index in [4.69, 9.17) is 5.73 Å². The van der Waals surface area contributed by atoms with E-state index in [9.17, 15) is 5.11 Å². The first-order valence-electron chi connectivity index (χ1n) is 8.76. The predicted octanol–water partition coefficient (Wildman–Crippen LogP) is 2.47. The lowest BCUT2D eigenvalue weighted by atomic mass is 10.1. The molecule has 3 N–H and O–H groups in total. The Balaban J connectivity index is 1.50. The number of para-hydroxylation sites is 1. The zero-order valence-electron chi connectivity index (χ0n) is 14.1. The van der Waals surface area contributed by atoms with Gasteiger partial charge in [-0.25, -0.2) is 0 Å². The van der Waals surface area contributed by atoms with Crippen LogP contribution in [0.15, 0.2) is 54.6 Å². The first-order chi connectivity index (χ1) is 11.7. The van der Waals surface area contributed by atoms with Gasteiger partial charge in [-0.3, -0.25) is 4.90 Å². The Morgan fingerprint density at radius 3 is 2.42 bits per heavy atom. The summed E-state index contributed by atoms with van der Waals surface area (Å²) in [6, 6.07) is 18.1. The fraction of sp³-hybridized carbons (Fsp3) is 0.400. The molecule has 1 atom stereocenters. The van der Waals surface area contributed by atoms with Gasteiger partial charge in [0.2, 0.25) is 0 Å². The van der Waals surface area contributed by atoms with Gasteiger partial charge in [-0.2, -0.15) is 0 Å². The van der Waals surface area contributed by atoms with Crippen molar-refractivity contribution in [3.05, 3.63) is 60.2 Å². The van der Waals surface area contributed by atoms with Crippen LogP contribution in [0.3, 0.4) is 0 Å². The summed E-state index contributed by atoms with van der Waals surface area (Å²) in [7, 11) is 0. The Bertz CT molecular complexity index is 615. The molecule has 1 unspecified atom stereocenters. The highest BCUT2D eigenvalue weighted by Crippen LogP contribution is 2.16. The van der Waals surface area contributed by atoms with Crippen LogP contribution < -0.4 is 10.6 Å². The summed E-state index contributed by atoms with van der Waals surface area (Å²) >= 11 is 0. The number of hydrogen-bond acceptors (Lipinski definition) is 4. The molecular formula is C20H27N3O. The fourth-order valence-corrected chi connectivity index (χ4v) is 3.38. The average Bonchev–Trinajstić information content (AvgIpc) is 2.83. The number of phenolic OH excluding ortho intramolecular Hbond substituents is 1. The van der Waals surface area contributed by atoms with E-state index in [0.717, 1.165) is 39.1 Å². The van der Waals surface area contributed by atoms with Gasteiger partial charge < -0.3 is 15.7 Å². The van der Waals surface area contributed by atoms with Crippen LogP contribution in [-0.4, -0.2) is 48.8 Å². The van der Waals surface area contributed by atoms with Crippen molar-refractivity contribution in [3.8, 4) is 5.75 Å². The summed E-state index contributed by atoms with van der Waals surface area (Å²) in [6.07, 6.45) is 2.01. The number of nitrogens with zero attached hydrogens (tertiary/aromatic N) is 2. The molecule has 3 rings (SSSR count). The van der Waals surface area contributed by atoms with Crippen LogP contribution in [0.1, 0.15) is 12.0 Å². The maximum Gasteiger partial charge on any atom is 0.115 e. The minimum absolute atomic E-state index is 0.123. The van der Waals surface area contributed by atoms with E-state index in [-0.39, 0.29) is 6.04 Å². The SMILES string of the molecule is NC(Cc1ccc(O)cc1)CN1CCCN(c2ccccc2)CC1. The number of anilines is 1. The summed E-state index contributed by atoms with van der Waals surface area (Å²) in [4.78, 5) is 4.94. The summed E-state index contributed by atoms with van der Waals surface area (Å²) in [5, 5.41) is 9.36. The molecule has 4 heteroatoms. The molecule has 1 heterocycles. The van der Waals surface area contributed by atoms with E-state index in [1.54, 1.807) is 12.1 Å². The number of benzene rings is 2. The van der Waals surface area contributed by atoms with Gasteiger partial charge in [-0.05, 0) is 49.2 Å². The molecule has 0 amide bonds. The van der Waals surface area contributed by atoms with E-state index < -0.39 is 0 Å². The van der Waals surface area contributed by atoms with Crippen LogP contribution in [0, 0.1) is 0 Å². The Morgan fingerprint density at radius 1 is 0.917 bits per heavy atom. The highest BCUT2D eigenvalue weighted by atomic mass is 16.3. The largest absolute Gasteiger partial charge is 0.508 e. The van der Waals surface area contributed by atoms with Gasteiger partial charge >= 0.3 is 0 Å². The third-order valence-electron chi connectivity index (χ3n) is 4.64. The van der Waals surface area contributed by atoms with Crippen molar-refractivity contribution in [2.24, 2.45) is 5.73 Å². The molecule has 1 saturated heterocycles. The van der Waals surface area contributed by atoms with Gasteiger partial charge in [-0.1, -0.05) is 30.3 Å². The summed E-state index contributed by atoms with van der Waals surface area (Å²) in [5.74, 6) is 0.306. The van der Waals surface area contributed by atoms with Gasteiger partial charge in [0, 0.05) is 37.9 Å². The van der Waals surface area contributed by atoms with Crippen LogP contribution in [0.25, 0.3) is 0 Å². The minimum atomic E-state index is 0.123. The van der Waals surface area contributed by atoms with Crippen molar-refractivity contribution >= 4 is 5.69 Å². The normalized spacial score (nSPS) is 17.5. The number of aromatic hydroxyl groups is 1. The van der Waals surface area contributed by atoms with Crippen molar-refractivity contribution in [3.63, 3.8) is 0 Å². The van der Waals surface area contributed by atoms with Crippen molar-refractivity contribution in [2.75, 3.05) is 37.6 Å². The lowest BCUT2D eigenvalue weighted by Crippen LogP contribution is -2.40. The molecule has 1 fully saturated rings. The Kier molecular flexibility index (Phi) is 5.72. The standard InChI is InChI=1S/C20H27N3O/c21-18(15-17-7-9-20(24)10-8-17)16-22-11-4-12-23(14-13-22)19-5-2-1-3-6-19/h1-3,5-10,18,24H,4,11-16,21H2. The zero-order chi connectivity index (χ0) is 16.8. The molecule has 4 nitrogen and oxygen atoms in total. The molecule has 2 aromatic rings. The van der Waals surface area contributed by atoms with E-state index in [2.05, 4.69) is 40.1 Å². The molecule has 1 aliphatic rings. The molecule has 2 aromatic carbocycles. The van der Waals surface area contributed by atoms with Crippen LogP contribution in [-0.2, 0) is 6.42 Å². The fourth-order valence-electron chi connectivity index (χ4n) is 3.38. The first kappa shape index (κ1) is 16.8. The quantitative estimate of drug-likeness (QED) is 0.887. The monoisotopic (exact) mass is 325 g/mol. The second-order valence-corrected chi connectivity index (χ2v) is 6.61. The van der Waals surface area contributed by atoms with Crippen molar-refractivity contribution in [2.45, 2.75) is 18.9 Å². The molecule has 0 spiro atoms. The summed E-state index contributed by atoms with van der Waals surface area (Å²) < 4.78 is 0. The van der Waals surface area contributed by atoms with Crippen LogP contribution in [0.5, 0.6) is 5.75 Å². The lowest BCUT2D eigenvalue weighted by Gasteiger charge is -2.25. The van der Waals surface area contributed by atoms with Gasteiger partial charge in [0.25, 0.3) is 0 Å². The smallest absolute Gasteiger partial charge is 0.115 e. The van der Waals surface area contributed by atoms with E-state index in [0.29, 0.717) is 5.75 Å². The van der Waals surface area contributed by atoms with Crippen LogP contribution in [0.4, 0.5) is 5.69 Å². The van der Waals surface area contributed by atoms with E-state index in [1.165, 1.54) is 17.7 Å². The molecule has 24 heavy (non-hydrogen) atoms. The number of hydrogen-bond donors (Lipinski definition) is 2. The van der Waals surface area contributed by atoms with E-state index in [1.807, 2.05) is 12.1 Å².